The third-order valence-corrected chi connectivity index (χ3v) is 8.31. The first kappa shape index (κ1) is 26.8. The van der Waals surface area contributed by atoms with Crippen LogP contribution in [0, 0.1) is 0 Å². The Morgan fingerprint density at radius 3 is 2.37 bits per heavy atom. The van der Waals surface area contributed by atoms with E-state index >= 15 is 0 Å². The quantitative estimate of drug-likeness (QED) is 0.266. The predicted molar refractivity (Wildman–Crippen MR) is 146 cm³/mol. The van der Waals surface area contributed by atoms with Gasteiger partial charge in [0.15, 0.2) is 4.87 Å². The predicted octanol–water partition coefficient (Wildman–Crippen LogP) is 3.44. The van der Waals surface area contributed by atoms with Crippen LogP contribution in [0.15, 0.2) is 102 Å². The van der Waals surface area contributed by atoms with E-state index in [9.17, 15) is 13.2 Å². The average Bonchev–Trinajstić information content (AvgIpc) is 2.93. The van der Waals surface area contributed by atoms with Crippen LogP contribution in [-0.2, 0) is 32.5 Å². The molecular weight excluding hydrogens is 502 g/mol. The molecule has 2 heterocycles. The third kappa shape index (κ3) is 5.99. The molecule has 1 atom stereocenters. The topological polar surface area (TPSA) is 139 Å². The highest BCUT2D eigenvalue weighted by molar-refractivity contribution is 7.92. The minimum absolute atomic E-state index is 0.0348. The fraction of sp³-hybridized carbons (Fsp3) is 0.179. The number of carbonyl (C=O) groups is 1. The molecule has 1 unspecified atom stereocenters. The van der Waals surface area contributed by atoms with Crippen molar-refractivity contribution < 1.29 is 18.3 Å². The molecule has 0 spiro atoms. The summed E-state index contributed by atoms with van der Waals surface area (Å²) in [7, 11) is -2.18. The molecule has 4 N–H and O–H groups in total. The Labute approximate surface area is 221 Å². The standard InChI is InChI=1S/C28H29N5O4S/c1-33(20-22-7-3-2-4-8-22)23-14-12-21(13-15-23)17-28(29,38(36,37)24-9-6-16-30-18-24)25-10-5-11-26(32-25)31-19-27(34)35/h2-16,18H,17,19-20,29H2,1H3,(H,31,32)(H,34,35). The van der Waals surface area contributed by atoms with Crippen molar-refractivity contribution in [1.29, 1.82) is 0 Å². The van der Waals surface area contributed by atoms with Crippen LogP contribution in [0.2, 0.25) is 0 Å². The zero-order valence-corrected chi connectivity index (χ0v) is 21.7. The highest BCUT2D eigenvalue weighted by atomic mass is 32.2. The van der Waals surface area contributed by atoms with Gasteiger partial charge in [0.25, 0.3) is 0 Å². The van der Waals surface area contributed by atoms with Crippen LogP contribution in [0.25, 0.3) is 0 Å². The number of aliphatic carboxylic acids is 1. The number of sulfone groups is 1. The molecule has 0 aliphatic rings. The van der Waals surface area contributed by atoms with Crippen molar-refractivity contribution in [3.63, 3.8) is 0 Å². The number of carboxylic acids is 1. The van der Waals surface area contributed by atoms with Gasteiger partial charge in [0.1, 0.15) is 12.4 Å². The Morgan fingerprint density at radius 1 is 0.974 bits per heavy atom. The van der Waals surface area contributed by atoms with Crippen molar-refractivity contribution >= 4 is 27.3 Å². The van der Waals surface area contributed by atoms with Crippen molar-refractivity contribution in [3.8, 4) is 0 Å². The number of nitrogens with zero attached hydrogens (tertiary/aromatic N) is 3. The van der Waals surface area contributed by atoms with Gasteiger partial charge in [-0.1, -0.05) is 48.5 Å². The third-order valence-electron chi connectivity index (χ3n) is 6.13. The summed E-state index contributed by atoms with van der Waals surface area (Å²) < 4.78 is 27.8. The summed E-state index contributed by atoms with van der Waals surface area (Å²) in [5.41, 5.74) is 9.67. The molecule has 0 radical (unpaired) electrons. The van der Waals surface area contributed by atoms with E-state index in [1.54, 1.807) is 12.1 Å². The molecule has 0 aliphatic heterocycles. The van der Waals surface area contributed by atoms with Gasteiger partial charge >= 0.3 is 5.97 Å². The molecule has 4 aromatic rings. The maximum Gasteiger partial charge on any atom is 0.322 e. The molecule has 38 heavy (non-hydrogen) atoms. The molecule has 0 aliphatic carbocycles. The van der Waals surface area contributed by atoms with Crippen LogP contribution in [0.5, 0.6) is 0 Å². The zero-order valence-electron chi connectivity index (χ0n) is 20.9. The minimum atomic E-state index is -4.17. The van der Waals surface area contributed by atoms with Gasteiger partial charge in [-0.05, 0) is 47.5 Å². The van der Waals surface area contributed by atoms with Crippen LogP contribution in [0.1, 0.15) is 16.8 Å². The number of pyridine rings is 2. The highest BCUT2D eigenvalue weighted by Crippen LogP contribution is 2.34. The van der Waals surface area contributed by atoms with Gasteiger partial charge in [-0.15, -0.1) is 0 Å². The lowest BCUT2D eigenvalue weighted by atomic mass is 10.0. The Hall–Kier alpha value is -4.28. The lowest BCUT2D eigenvalue weighted by Gasteiger charge is -2.29. The monoisotopic (exact) mass is 531 g/mol. The fourth-order valence-corrected chi connectivity index (χ4v) is 5.72. The van der Waals surface area contributed by atoms with E-state index in [0.29, 0.717) is 5.56 Å². The van der Waals surface area contributed by atoms with Gasteiger partial charge in [-0.25, -0.2) is 13.4 Å². The fourth-order valence-electron chi connectivity index (χ4n) is 4.09. The summed E-state index contributed by atoms with van der Waals surface area (Å²) in [5.74, 6) is -0.865. The Kier molecular flexibility index (Phi) is 8.04. The highest BCUT2D eigenvalue weighted by Gasteiger charge is 2.44. The summed E-state index contributed by atoms with van der Waals surface area (Å²) in [6, 6.07) is 25.3. The first-order valence-corrected chi connectivity index (χ1v) is 13.4. The Morgan fingerprint density at radius 2 is 1.71 bits per heavy atom. The number of hydrogen-bond acceptors (Lipinski definition) is 8. The first-order chi connectivity index (χ1) is 18.2. The average molecular weight is 532 g/mol. The molecule has 0 saturated heterocycles. The molecule has 4 rings (SSSR count). The van der Waals surface area contributed by atoms with Crippen molar-refractivity contribution in [3.05, 3.63) is 114 Å². The second-order valence-corrected chi connectivity index (χ2v) is 11.1. The number of carboxylic acid groups (broad SMARTS) is 1. The minimum Gasteiger partial charge on any atom is -0.480 e. The van der Waals surface area contributed by atoms with Crippen LogP contribution in [0.4, 0.5) is 11.5 Å². The van der Waals surface area contributed by atoms with Gasteiger partial charge < -0.3 is 21.1 Å². The van der Waals surface area contributed by atoms with Crippen molar-refractivity contribution in [1.82, 2.24) is 9.97 Å². The van der Waals surface area contributed by atoms with Crippen molar-refractivity contribution in [2.75, 3.05) is 23.8 Å². The molecule has 10 heteroatoms. The van der Waals surface area contributed by atoms with Crippen molar-refractivity contribution in [2.24, 2.45) is 5.73 Å². The molecule has 0 fully saturated rings. The number of rotatable bonds is 11. The number of aromatic nitrogens is 2. The lowest BCUT2D eigenvalue weighted by Crippen LogP contribution is -2.47. The molecule has 2 aromatic heterocycles. The van der Waals surface area contributed by atoms with Crippen LogP contribution in [-0.4, -0.2) is 43.1 Å². The first-order valence-electron chi connectivity index (χ1n) is 11.9. The van der Waals surface area contributed by atoms with Crippen LogP contribution >= 0.6 is 0 Å². The summed E-state index contributed by atoms with van der Waals surface area (Å²) in [6.45, 7) is 0.345. The van der Waals surface area contributed by atoms with Crippen LogP contribution in [0.3, 0.4) is 0 Å². The largest absolute Gasteiger partial charge is 0.480 e. The van der Waals surface area contributed by atoms with E-state index in [0.717, 1.165) is 12.2 Å². The number of anilines is 2. The number of nitrogens with two attached hydrogens (primary N) is 1. The van der Waals surface area contributed by atoms with Gasteiger partial charge in [0.2, 0.25) is 9.84 Å². The van der Waals surface area contributed by atoms with E-state index < -0.39 is 20.7 Å². The molecule has 0 saturated carbocycles. The smallest absolute Gasteiger partial charge is 0.322 e. The zero-order chi connectivity index (χ0) is 27.2. The van der Waals surface area contributed by atoms with Gasteiger partial charge in [0.05, 0.1) is 10.6 Å². The van der Waals surface area contributed by atoms with Crippen LogP contribution < -0.4 is 16.0 Å². The maximum absolute atomic E-state index is 13.9. The van der Waals surface area contributed by atoms with Gasteiger partial charge in [0, 0.05) is 38.1 Å². The van der Waals surface area contributed by atoms with E-state index in [4.69, 9.17) is 10.8 Å². The normalized spacial score (nSPS) is 12.9. The van der Waals surface area contributed by atoms with E-state index in [-0.39, 0.29) is 29.4 Å². The number of benzene rings is 2. The van der Waals surface area contributed by atoms with Gasteiger partial charge in [-0.3, -0.25) is 9.78 Å². The summed E-state index contributed by atoms with van der Waals surface area (Å²) >= 11 is 0. The number of nitrogens with one attached hydrogen (secondary N) is 1. The molecule has 0 bridgehead atoms. The number of hydrogen-bond donors (Lipinski definition) is 3. The van der Waals surface area contributed by atoms with Gasteiger partial charge in [-0.2, -0.15) is 0 Å². The second-order valence-electron chi connectivity index (χ2n) is 8.92. The Bertz CT molecular complexity index is 1480. The summed E-state index contributed by atoms with van der Waals surface area (Å²) in [4.78, 5) is 19.5. The second kappa shape index (κ2) is 11.4. The SMILES string of the molecule is CN(Cc1ccccc1)c1ccc(CC(N)(c2cccc(NCC(=O)O)n2)S(=O)(=O)c2cccnc2)cc1. The molecule has 196 valence electrons. The van der Waals surface area contributed by atoms with E-state index in [1.807, 2.05) is 49.5 Å². The summed E-state index contributed by atoms with van der Waals surface area (Å²) in [5, 5.41) is 11.7. The summed E-state index contributed by atoms with van der Waals surface area (Å²) in [6.07, 6.45) is 2.67. The maximum atomic E-state index is 13.9. The molecule has 9 nitrogen and oxygen atoms in total. The van der Waals surface area contributed by atoms with E-state index in [1.165, 1.54) is 36.2 Å². The molecule has 2 aromatic carbocycles. The molecular formula is C28H29N5O4S. The Balaban J connectivity index is 1.67. The molecule has 0 amide bonds. The lowest BCUT2D eigenvalue weighted by molar-refractivity contribution is -0.134. The van der Waals surface area contributed by atoms with E-state index in [2.05, 4.69) is 32.3 Å². The van der Waals surface area contributed by atoms with Crippen molar-refractivity contribution in [2.45, 2.75) is 22.7 Å².